The van der Waals surface area contributed by atoms with Crippen molar-refractivity contribution in [1.82, 2.24) is 15.1 Å². The van der Waals surface area contributed by atoms with Crippen molar-refractivity contribution >= 4 is 23.2 Å². The van der Waals surface area contributed by atoms with Crippen LogP contribution in [0.2, 0.25) is 0 Å². The molecule has 1 N–H and O–H groups in total. The molecular formula is C15H23N3O2S. The number of rotatable bonds is 6. The van der Waals surface area contributed by atoms with Gasteiger partial charge in [0.25, 0.3) is 0 Å². The van der Waals surface area contributed by atoms with Crippen molar-refractivity contribution < 1.29 is 9.59 Å². The quantitative estimate of drug-likeness (QED) is 0.863. The molecule has 21 heavy (non-hydrogen) atoms. The number of hydrogen-bond acceptors (Lipinski definition) is 4. The molecule has 1 aliphatic rings. The fourth-order valence-corrected chi connectivity index (χ4v) is 3.37. The fourth-order valence-electron chi connectivity index (χ4n) is 2.66. The molecule has 5 nitrogen and oxygen atoms in total. The standard InChI is InChI=1S/C15H23N3O2S/c1-4-18-9-12(7-14(18)19)15(20)16-8-13(17(2)3)11-5-6-21-10-11/h5-6,10,12-13H,4,7-9H2,1-3H3,(H,16,20)/t12-,13+/m0/s1. The van der Waals surface area contributed by atoms with Crippen molar-refractivity contribution in [2.45, 2.75) is 19.4 Å². The van der Waals surface area contributed by atoms with E-state index in [-0.39, 0.29) is 23.8 Å². The summed E-state index contributed by atoms with van der Waals surface area (Å²) in [5.74, 6) is -0.135. The van der Waals surface area contributed by atoms with Crippen molar-refractivity contribution in [3.63, 3.8) is 0 Å². The zero-order valence-corrected chi connectivity index (χ0v) is 13.7. The second kappa shape index (κ2) is 7.04. The van der Waals surface area contributed by atoms with Crippen LogP contribution in [0.4, 0.5) is 0 Å². The number of amides is 2. The van der Waals surface area contributed by atoms with Gasteiger partial charge in [0.05, 0.1) is 12.0 Å². The van der Waals surface area contributed by atoms with E-state index in [1.54, 1.807) is 16.2 Å². The fraction of sp³-hybridized carbons (Fsp3) is 0.600. The number of hydrogen-bond donors (Lipinski definition) is 1. The summed E-state index contributed by atoms with van der Waals surface area (Å²) < 4.78 is 0. The summed E-state index contributed by atoms with van der Waals surface area (Å²) in [5.41, 5.74) is 1.21. The molecule has 2 amide bonds. The van der Waals surface area contributed by atoms with Gasteiger partial charge in [0.2, 0.25) is 11.8 Å². The van der Waals surface area contributed by atoms with Gasteiger partial charge in [-0.3, -0.25) is 9.59 Å². The molecule has 2 heterocycles. The molecule has 1 saturated heterocycles. The van der Waals surface area contributed by atoms with Crippen LogP contribution in [0.15, 0.2) is 16.8 Å². The maximum Gasteiger partial charge on any atom is 0.225 e. The summed E-state index contributed by atoms with van der Waals surface area (Å²) in [7, 11) is 4.01. The third kappa shape index (κ3) is 3.83. The predicted molar refractivity (Wildman–Crippen MR) is 84.1 cm³/mol. The van der Waals surface area contributed by atoms with Crippen LogP contribution in [0.1, 0.15) is 24.9 Å². The molecule has 1 aromatic rings. The molecule has 0 spiro atoms. The third-order valence-corrected chi connectivity index (χ3v) is 4.69. The van der Waals surface area contributed by atoms with Crippen molar-refractivity contribution in [3.05, 3.63) is 22.4 Å². The molecule has 0 aliphatic carbocycles. The van der Waals surface area contributed by atoms with Crippen LogP contribution in [0.5, 0.6) is 0 Å². The number of likely N-dealkylation sites (N-methyl/N-ethyl adjacent to an activating group) is 1. The molecule has 0 bridgehead atoms. The molecule has 0 radical (unpaired) electrons. The summed E-state index contributed by atoms with van der Waals surface area (Å²) in [6.07, 6.45) is 0.338. The van der Waals surface area contributed by atoms with Gasteiger partial charge in [-0.25, -0.2) is 0 Å². The minimum atomic E-state index is -0.206. The van der Waals surface area contributed by atoms with Gasteiger partial charge in [-0.05, 0) is 43.4 Å². The van der Waals surface area contributed by atoms with E-state index >= 15 is 0 Å². The van der Waals surface area contributed by atoms with Crippen LogP contribution >= 0.6 is 11.3 Å². The van der Waals surface area contributed by atoms with Crippen molar-refractivity contribution in [1.29, 1.82) is 0 Å². The van der Waals surface area contributed by atoms with E-state index in [1.807, 2.05) is 26.4 Å². The summed E-state index contributed by atoms with van der Waals surface area (Å²) in [6.45, 7) is 3.74. The predicted octanol–water partition coefficient (Wildman–Crippen LogP) is 1.34. The molecule has 2 atom stereocenters. The first kappa shape index (κ1) is 16.0. The van der Waals surface area contributed by atoms with Crippen molar-refractivity contribution in [2.75, 3.05) is 33.7 Å². The number of nitrogens with zero attached hydrogens (tertiary/aromatic N) is 2. The van der Waals surface area contributed by atoms with Gasteiger partial charge in [0.1, 0.15) is 0 Å². The second-order valence-corrected chi connectivity index (χ2v) is 6.39. The van der Waals surface area contributed by atoms with Gasteiger partial charge in [-0.15, -0.1) is 0 Å². The Bertz CT molecular complexity index is 487. The Morgan fingerprint density at radius 2 is 2.33 bits per heavy atom. The lowest BCUT2D eigenvalue weighted by Crippen LogP contribution is -2.38. The highest BCUT2D eigenvalue weighted by Crippen LogP contribution is 2.21. The Morgan fingerprint density at radius 3 is 2.86 bits per heavy atom. The zero-order valence-electron chi connectivity index (χ0n) is 12.8. The van der Waals surface area contributed by atoms with Crippen LogP contribution in [0, 0.1) is 5.92 Å². The topological polar surface area (TPSA) is 52.7 Å². The minimum Gasteiger partial charge on any atom is -0.354 e. The van der Waals surface area contributed by atoms with Gasteiger partial charge in [-0.2, -0.15) is 11.3 Å². The summed E-state index contributed by atoms with van der Waals surface area (Å²) in [4.78, 5) is 27.8. The van der Waals surface area contributed by atoms with Gasteiger partial charge < -0.3 is 15.1 Å². The van der Waals surface area contributed by atoms with E-state index in [1.165, 1.54) is 5.56 Å². The number of likely N-dealkylation sites (tertiary alicyclic amines) is 1. The second-order valence-electron chi connectivity index (χ2n) is 5.61. The van der Waals surface area contributed by atoms with Crippen LogP contribution in [0.3, 0.4) is 0 Å². The Labute approximate surface area is 129 Å². The highest BCUT2D eigenvalue weighted by Gasteiger charge is 2.33. The van der Waals surface area contributed by atoms with E-state index in [2.05, 4.69) is 21.7 Å². The van der Waals surface area contributed by atoms with Crippen LogP contribution in [-0.4, -0.2) is 55.3 Å². The van der Waals surface area contributed by atoms with E-state index in [4.69, 9.17) is 0 Å². The highest BCUT2D eigenvalue weighted by atomic mass is 32.1. The van der Waals surface area contributed by atoms with Crippen molar-refractivity contribution in [3.8, 4) is 0 Å². The summed E-state index contributed by atoms with van der Waals surface area (Å²) >= 11 is 1.66. The summed E-state index contributed by atoms with van der Waals surface area (Å²) in [6, 6.07) is 2.25. The van der Waals surface area contributed by atoms with Gasteiger partial charge in [0.15, 0.2) is 0 Å². The molecule has 116 valence electrons. The largest absolute Gasteiger partial charge is 0.354 e. The van der Waals surface area contributed by atoms with Gasteiger partial charge >= 0.3 is 0 Å². The average molecular weight is 309 g/mol. The lowest BCUT2D eigenvalue weighted by molar-refractivity contribution is -0.128. The van der Waals surface area contributed by atoms with Crippen LogP contribution in [0.25, 0.3) is 0 Å². The molecule has 1 fully saturated rings. The van der Waals surface area contributed by atoms with E-state index < -0.39 is 0 Å². The van der Waals surface area contributed by atoms with Crippen molar-refractivity contribution in [2.24, 2.45) is 5.92 Å². The molecule has 0 saturated carbocycles. The monoisotopic (exact) mass is 309 g/mol. The normalized spacial score (nSPS) is 20.1. The molecule has 0 aromatic carbocycles. The lowest BCUT2D eigenvalue weighted by Gasteiger charge is -2.24. The molecule has 1 aliphatic heterocycles. The first-order valence-electron chi connectivity index (χ1n) is 7.27. The van der Waals surface area contributed by atoms with Crippen LogP contribution in [-0.2, 0) is 9.59 Å². The number of thiophene rings is 1. The molecular weight excluding hydrogens is 286 g/mol. The van der Waals surface area contributed by atoms with E-state index in [0.29, 0.717) is 26.1 Å². The third-order valence-electron chi connectivity index (χ3n) is 3.99. The molecule has 2 rings (SSSR count). The Morgan fingerprint density at radius 1 is 1.57 bits per heavy atom. The summed E-state index contributed by atoms with van der Waals surface area (Å²) in [5, 5.41) is 7.15. The highest BCUT2D eigenvalue weighted by molar-refractivity contribution is 7.07. The minimum absolute atomic E-state index is 0.0126. The van der Waals surface area contributed by atoms with E-state index in [9.17, 15) is 9.59 Å². The molecule has 6 heteroatoms. The number of nitrogens with one attached hydrogen (secondary N) is 1. The zero-order chi connectivity index (χ0) is 15.4. The SMILES string of the molecule is CCN1C[C@@H](C(=O)NC[C@H](c2ccsc2)N(C)C)CC1=O. The van der Waals surface area contributed by atoms with Crippen LogP contribution < -0.4 is 5.32 Å². The van der Waals surface area contributed by atoms with E-state index in [0.717, 1.165) is 0 Å². The first-order chi connectivity index (χ1) is 10.0. The first-order valence-corrected chi connectivity index (χ1v) is 8.21. The van der Waals surface area contributed by atoms with Gasteiger partial charge in [0, 0.05) is 26.1 Å². The number of carbonyl (C=O) groups is 2. The molecule has 0 unspecified atom stereocenters. The Kier molecular flexibility index (Phi) is 5.36. The Hall–Kier alpha value is -1.40. The number of carbonyl (C=O) groups excluding carboxylic acids is 2. The maximum atomic E-state index is 12.2. The van der Waals surface area contributed by atoms with Gasteiger partial charge in [-0.1, -0.05) is 0 Å². The average Bonchev–Trinajstić information content (AvgIpc) is 3.07. The smallest absolute Gasteiger partial charge is 0.225 e. The molecule has 1 aromatic heterocycles. The Balaban J connectivity index is 1.90. The maximum absolute atomic E-state index is 12.2. The lowest BCUT2D eigenvalue weighted by atomic mass is 10.1.